The smallest absolute Gasteiger partial charge is 0.292 e. The van der Waals surface area contributed by atoms with Crippen molar-refractivity contribution in [3.8, 4) is 5.75 Å². The molecule has 7 heteroatoms. The summed E-state index contributed by atoms with van der Waals surface area (Å²) in [5, 5.41) is 17.8. The summed E-state index contributed by atoms with van der Waals surface area (Å²) in [4.78, 5) is 10.5. The van der Waals surface area contributed by atoms with Crippen molar-refractivity contribution in [1.82, 2.24) is 9.78 Å². The van der Waals surface area contributed by atoms with Crippen LogP contribution in [0, 0.1) is 10.1 Å². The van der Waals surface area contributed by atoms with Gasteiger partial charge in [0, 0.05) is 25.4 Å². The maximum atomic E-state index is 10.9. The molecular formula is C11H12N4O3. The van der Waals surface area contributed by atoms with Crippen molar-refractivity contribution in [3.05, 3.63) is 40.7 Å². The van der Waals surface area contributed by atoms with E-state index in [1.54, 1.807) is 36.3 Å². The van der Waals surface area contributed by atoms with Crippen molar-refractivity contribution in [2.75, 3.05) is 12.4 Å². The van der Waals surface area contributed by atoms with E-state index in [4.69, 9.17) is 4.74 Å². The van der Waals surface area contributed by atoms with Gasteiger partial charge < -0.3 is 10.1 Å². The molecule has 0 amide bonds. The minimum Gasteiger partial charge on any atom is -0.497 e. The molecule has 1 N–H and O–H groups in total. The first-order valence-electron chi connectivity index (χ1n) is 5.18. The summed E-state index contributed by atoms with van der Waals surface area (Å²) in [5.41, 5.74) is 1.03. The average molecular weight is 248 g/mol. The molecule has 0 aliphatic heterocycles. The van der Waals surface area contributed by atoms with Crippen LogP contribution in [0.5, 0.6) is 5.75 Å². The summed E-state index contributed by atoms with van der Waals surface area (Å²) in [7, 11) is 3.28. The predicted octanol–water partition coefficient (Wildman–Crippen LogP) is 2.08. The summed E-state index contributed by atoms with van der Waals surface area (Å²) in [6.45, 7) is 0. The number of nitrogens with zero attached hydrogens (tertiary/aromatic N) is 3. The maximum absolute atomic E-state index is 10.9. The number of nitro benzene ring substituents is 1. The lowest BCUT2D eigenvalue weighted by atomic mass is 10.2. The Kier molecular flexibility index (Phi) is 3.13. The molecule has 1 aromatic carbocycles. The zero-order valence-electron chi connectivity index (χ0n) is 9.95. The molecule has 0 radical (unpaired) electrons. The van der Waals surface area contributed by atoms with Crippen molar-refractivity contribution < 1.29 is 9.66 Å². The third kappa shape index (κ3) is 2.40. The molecule has 94 valence electrons. The number of hydrogen-bond acceptors (Lipinski definition) is 5. The van der Waals surface area contributed by atoms with Gasteiger partial charge in [0.2, 0.25) is 0 Å². The van der Waals surface area contributed by atoms with Crippen LogP contribution in [0.15, 0.2) is 30.6 Å². The lowest BCUT2D eigenvalue weighted by molar-refractivity contribution is -0.383. The summed E-state index contributed by atoms with van der Waals surface area (Å²) in [5.74, 6) is 0.548. The van der Waals surface area contributed by atoms with Gasteiger partial charge in [-0.25, -0.2) is 0 Å². The quantitative estimate of drug-likeness (QED) is 0.661. The van der Waals surface area contributed by atoms with E-state index < -0.39 is 4.92 Å². The highest BCUT2D eigenvalue weighted by molar-refractivity contribution is 5.70. The van der Waals surface area contributed by atoms with Crippen LogP contribution in [0.25, 0.3) is 0 Å². The molecular weight excluding hydrogens is 236 g/mol. The molecule has 0 unspecified atom stereocenters. The topological polar surface area (TPSA) is 82.2 Å². The number of anilines is 2. The number of methoxy groups -OCH3 is 1. The lowest BCUT2D eigenvalue weighted by Crippen LogP contribution is -1.97. The zero-order valence-corrected chi connectivity index (χ0v) is 9.95. The molecule has 0 aliphatic carbocycles. The van der Waals surface area contributed by atoms with Gasteiger partial charge in [0.15, 0.2) is 0 Å². The van der Waals surface area contributed by atoms with Crippen LogP contribution in [-0.2, 0) is 7.05 Å². The number of benzene rings is 1. The Balaban J connectivity index is 2.37. The Bertz CT molecular complexity index is 579. The van der Waals surface area contributed by atoms with Crippen LogP contribution >= 0.6 is 0 Å². The van der Waals surface area contributed by atoms with E-state index in [1.807, 2.05) is 0 Å². The molecule has 0 saturated carbocycles. The average Bonchev–Trinajstić information content (AvgIpc) is 2.74. The zero-order chi connectivity index (χ0) is 13.1. The van der Waals surface area contributed by atoms with E-state index >= 15 is 0 Å². The highest BCUT2D eigenvalue weighted by Crippen LogP contribution is 2.31. The highest BCUT2D eigenvalue weighted by atomic mass is 16.6. The van der Waals surface area contributed by atoms with Crippen molar-refractivity contribution in [1.29, 1.82) is 0 Å². The normalized spacial score (nSPS) is 10.1. The molecule has 0 saturated heterocycles. The van der Waals surface area contributed by atoms with Crippen molar-refractivity contribution in [3.63, 3.8) is 0 Å². The minimum absolute atomic E-state index is 0.0142. The van der Waals surface area contributed by atoms with Crippen LogP contribution in [0.1, 0.15) is 0 Å². The molecule has 0 spiro atoms. The molecule has 2 aromatic rings. The lowest BCUT2D eigenvalue weighted by Gasteiger charge is -2.06. The number of hydrogen-bond donors (Lipinski definition) is 1. The number of nitrogens with one attached hydrogen (secondary N) is 1. The van der Waals surface area contributed by atoms with E-state index in [9.17, 15) is 10.1 Å². The Labute approximate surface area is 103 Å². The number of aromatic nitrogens is 2. The summed E-state index contributed by atoms with van der Waals surface area (Å²) >= 11 is 0. The van der Waals surface area contributed by atoms with Gasteiger partial charge in [-0.2, -0.15) is 5.10 Å². The van der Waals surface area contributed by atoms with E-state index in [2.05, 4.69) is 10.4 Å². The van der Waals surface area contributed by atoms with E-state index in [0.29, 0.717) is 17.1 Å². The van der Waals surface area contributed by atoms with Crippen LogP contribution in [-0.4, -0.2) is 21.8 Å². The monoisotopic (exact) mass is 248 g/mol. The van der Waals surface area contributed by atoms with Gasteiger partial charge in [0.25, 0.3) is 5.69 Å². The largest absolute Gasteiger partial charge is 0.497 e. The van der Waals surface area contributed by atoms with Crippen LogP contribution in [0.2, 0.25) is 0 Å². The van der Waals surface area contributed by atoms with Gasteiger partial charge in [-0.15, -0.1) is 0 Å². The van der Waals surface area contributed by atoms with Crippen LogP contribution in [0.4, 0.5) is 17.1 Å². The molecule has 0 fully saturated rings. The minimum atomic E-state index is -0.446. The SMILES string of the molecule is COc1ccc([N+](=O)[O-])c(Nc2cnn(C)c2)c1. The molecule has 18 heavy (non-hydrogen) atoms. The summed E-state index contributed by atoms with van der Waals surface area (Å²) in [6.07, 6.45) is 3.31. The van der Waals surface area contributed by atoms with Gasteiger partial charge in [0.05, 0.1) is 23.9 Å². The van der Waals surface area contributed by atoms with Crippen molar-refractivity contribution in [2.45, 2.75) is 0 Å². The molecule has 1 aromatic heterocycles. The van der Waals surface area contributed by atoms with Gasteiger partial charge >= 0.3 is 0 Å². The number of ether oxygens (including phenoxy) is 1. The second-order valence-corrected chi connectivity index (χ2v) is 3.67. The Morgan fingerprint density at radius 1 is 1.50 bits per heavy atom. The van der Waals surface area contributed by atoms with Crippen molar-refractivity contribution in [2.24, 2.45) is 7.05 Å². The summed E-state index contributed by atoms with van der Waals surface area (Å²) in [6, 6.07) is 4.52. The highest BCUT2D eigenvalue weighted by Gasteiger charge is 2.15. The first kappa shape index (κ1) is 11.9. The Hall–Kier alpha value is -2.57. The Morgan fingerprint density at radius 3 is 2.83 bits per heavy atom. The maximum Gasteiger partial charge on any atom is 0.292 e. The summed E-state index contributed by atoms with van der Waals surface area (Å²) < 4.78 is 6.65. The molecule has 7 nitrogen and oxygen atoms in total. The number of rotatable bonds is 4. The molecule has 1 heterocycles. The van der Waals surface area contributed by atoms with Crippen LogP contribution < -0.4 is 10.1 Å². The molecule has 0 bridgehead atoms. The first-order valence-corrected chi connectivity index (χ1v) is 5.18. The number of aryl methyl sites for hydroxylation is 1. The fraction of sp³-hybridized carbons (Fsp3) is 0.182. The standard InChI is InChI=1S/C11H12N4O3/c1-14-7-8(6-12-14)13-10-5-9(18-2)3-4-11(10)15(16)17/h3-7,13H,1-2H3. The van der Waals surface area contributed by atoms with Crippen LogP contribution in [0.3, 0.4) is 0 Å². The van der Waals surface area contributed by atoms with Crippen molar-refractivity contribution >= 4 is 17.1 Å². The van der Waals surface area contributed by atoms with E-state index in [-0.39, 0.29) is 5.69 Å². The second kappa shape index (κ2) is 4.74. The molecule has 0 atom stereocenters. The van der Waals surface area contributed by atoms with Gasteiger partial charge in [0.1, 0.15) is 11.4 Å². The van der Waals surface area contributed by atoms with Gasteiger partial charge in [-0.1, -0.05) is 0 Å². The molecule has 2 rings (SSSR count). The second-order valence-electron chi connectivity index (χ2n) is 3.67. The third-order valence-electron chi connectivity index (χ3n) is 2.38. The Morgan fingerprint density at radius 2 is 2.28 bits per heavy atom. The van der Waals surface area contributed by atoms with Gasteiger partial charge in [-0.3, -0.25) is 14.8 Å². The predicted molar refractivity (Wildman–Crippen MR) is 66.1 cm³/mol. The van der Waals surface area contributed by atoms with E-state index in [0.717, 1.165) is 0 Å². The fourth-order valence-corrected chi connectivity index (χ4v) is 1.54. The first-order chi connectivity index (χ1) is 8.60. The number of nitro groups is 1. The molecule has 0 aliphatic rings. The van der Waals surface area contributed by atoms with E-state index in [1.165, 1.54) is 13.2 Å². The van der Waals surface area contributed by atoms with Gasteiger partial charge in [-0.05, 0) is 6.07 Å². The fourth-order valence-electron chi connectivity index (χ4n) is 1.54. The third-order valence-corrected chi connectivity index (χ3v) is 2.38.